The lowest BCUT2D eigenvalue weighted by Gasteiger charge is -2.21. The summed E-state index contributed by atoms with van der Waals surface area (Å²) in [4.78, 5) is 23.6. The smallest absolute Gasteiger partial charge is 0.251 e. The highest BCUT2D eigenvalue weighted by Crippen LogP contribution is 2.10. The number of carbonyl (C=O) groups excluding carboxylic acids is 1. The Labute approximate surface area is 124 Å². The van der Waals surface area contributed by atoms with Crippen LogP contribution < -0.4 is 10.9 Å². The predicted octanol–water partition coefficient (Wildman–Crippen LogP) is 0.0133. The van der Waals surface area contributed by atoms with Crippen molar-refractivity contribution in [3.05, 3.63) is 28.7 Å². The Morgan fingerprint density at radius 1 is 1.29 bits per heavy atom. The zero-order valence-corrected chi connectivity index (χ0v) is 13.7. The average molecular weight is 315 g/mol. The Balaban J connectivity index is 3.10. The topological polar surface area (TPSA) is 88.5 Å². The van der Waals surface area contributed by atoms with Gasteiger partial charge in [-0.1, -0.05) is 0 Å². The summed E-state index contributed by atoms with van der Waals surface area (Å²) in [6, 6.07) is 2.37. The van der Waals surface area contributed by atoms with Crippen molar-refractivity contribution in [3.8, 4) is 0 Å². The molecule has 1 heterocycles. The Morgan fingerprint density at radius 3 is 2.33 bits per heavy atom. The van der Waals surface area contributed by atoms with E-state index >= 15 is 0 Å². The molecule has 0 saturated carbocycles. The third-order valence-electron chi connectivity index (χ3n) is 2.56. The van der Waals surface area contributed by atoms with Gasteiger partial charge < -0.3 is 9.88 Å². The maximum Gasteiger partial charge on any atom is 0.251 e. The molecule has 118 valence electrons. The molecule has 7 nitrogen and oxygen atoms in total. The van der Waals surface area contributed by atoms with Gasteiger partial charge in [-0.25, -0.2) is 12.7 Å². The van der Waals surface area contributed by atoms with Crippen molar-refractivity contribution in [1.82, 2.24) is 14.2 Å². The SMILES string of the molecule is CN(C)S(=O)(=O)c1ccc(=O)n(CC(=O)NC(C)(C)C)c1. The van der Waals surface area contributed by atoms with Gasteiger partial charge in [-0.15, -0.1) is 0 Å². The first-order valence-electron chi connectivity index (χ1n) is 6.37. The van der Waals surface area contributed by atoms with Gasteiger partial charge in [0.15, 0.2) is 0 Å². The molecule has 1 aromatic rings. The third-order valence-corrected chi connectivity index (χ3v) is 4.36. The summed E-state index contributed by atoms with van der Waals surface area (Å²) >= 11 is 0. The van der Waals surface area contributed by atoms with Crippen LogP contribution in [0.4, 0.5) is 0 Å². The molecule has 0 radical (unpaired) electrons. The highest BCUT2D eigenvalue weighted by atomic mass is 32.2. The lowest BCUT2D eigenvalue weighted by molar-refractivity contribution is -0.123. The summed E-state index contributed by atoms with van der Waals surface area (Å²) in [5.74, 6) is -0.357. The first-order chi connectivity index (χ1) is 9.43. The van der Waals surface area contributed by atoms with Gasteiger partial charge in [-0.3, -0.25) is 9.59 Å². The lowest BCUT2D eigenvalue weighted by Crippen LogP contribution is -2.43. The average Bonchev–Trinajstić information content (AvgIpc) is 2.29. The van der Waals surface area contributed by atoms with E-state index < -0.39 is 21.1 Å². The Bertz CT molecular complexity index is 684. The van der Waals surface area contributed by atoms with E-state index in [2.05, 4.69) is 5.32 Å². The van der Waals surface area contributed by atoms with E-state index in [0.717, 1.165) is 14.9 Å². The second-order valence-electron chi connectivity index (χ2n) is 5.92. The maximum absolute atomic E-state index is 12.0. The molecule has 1 aromatic heterocycles. The second kappa shape index (κ2) is 5.98. The summed E-state index contributed by atoms with van der Waals surface area (Å²) in [5.41, 5.74) is -0.856. The molecule has 8 heteroatoms. The number of rotatable bonds is 4. The molecule has 0 atom stereocenters. The standard InChI is InChI=1S/C13H21N3O4S/c1-13(2,3)14-11(17)9-16-8-10(6-7-12(16)18)21(19,20)15(4)5/h6-8H,9H2,1-5H3,(H,14,17). The van der Waals surface area contributed by atoms with Crippen LogP contribution in [-0.4, -0.2) is 42.8 Å². The maximum atomic E-state index is 12.0. The third kappa shape index (κ3) is 4.68. The molecule has 0 aliphatic rings. The predicted molar refractivity (Wildman–Crippen MR) is 79.5 cm³/mol. The van der Waals surface area contributed by atoms with Crippen LogP contribution in [0.5, 0.6) is 0 Å². The highest BCUT2D eigenvalue weighted by Gasteiger charge is 2.19. The number of aromatic nitrogens is 1. The minimum Gasteiger partial charge on any atom is -0.350 e. The summed E-state index contributed by atoms with van der Waals surface area (Å²) in [5, 5.41) is 2.72. The van der Waals surface area contributed by atoms with E-state index in [1.54, 1.807) is 0 Å². The van der Waals surface area contributed by atoms with Gasteiger partial charge in [0.2, 0.25) is 15.9 Å². The monoisotopic (exact) mass is 315 g/mol. The molecular formula is C13H21N3O4S. The van der Waals surface area contributed by atoms with Crippen molar-refractivity contribution < 1.29 is 13.2 Å². The van der Waals surface area contributed by atoms with Crippen LogP contribution in [0.2, 0.25) is 0 Å². The van der Waals surface area contributed by atoms with Crippen LogP contribution in [-0.2, 0) is 21.4 Å². The Morgan fingerprint density at radius 2 is 1.86 bits per heavy atom. The minimum atomic E-state index is -3.65. The van der Waals surface area contributed by atoms with Gasteiger partial charge in [-0.05, 0) is 26.8 Å². The summed E-state index contributed by atoms with van der Waals surface area (Å²) in [7, 11) is -0.845. The number of hydrogen-bond donors (Lipinski definition) is 1. The Kier molecular flexibility index (Phi) is 4.95. The fourth-order valence-corrected chi connectivity index (χ4v) is 2.53. The quantitative estimate of drug-likeness (QED) is 0.848. The van der Waals surface area contributed by atoms with Crippen molar-refractivity contribution in [1.29, 1.82) is 0 Å². The van der Waals surface area contributed by atoms with Crippen LogP contribution in [0.15, 0.2) is 28.0 Å². The van der Waals surface area contributed by atoms with Gasteiger partial charge in [0.1, 0.15) is 6.54 Å². The van der Waals surface area contributed by atoms with Gasteiger partial charge >= 0.3 is 0 Å². The van der Waals surface area contributed by atoms with Crippen molar-refractivity contribution in [2.24, 2.45) is 0 Å². The summed E-state index contributed by atoms with van der Waals surface area (Å²) in [6.45, 7) is 5.23. The van der Waals surface area contributed by atoms with Crippen LogP contribution >= 0.6 is 0 Å². The van der Waals surface area contributed by atoms with E-state index in [1.165, 1.54) is 26.4 Å². The van der Waals surface area contributed by atoms with Crippen LogP contribution in [0, 0.1) is 0 Å². The summed E-state index contributed by atoms with van der Waals surface area (Å²) in [6.07, 6.45) is 1.18. The molecule has 1 rings (SSSR count). The molecule has 1 amide bonds. The molecule has 0 bridgehead atoms. The van der Waals surface area contributed by atoms with Gasteiger partial charge in [0, 0.05) is 31.9 Å². The number of carbonyl (C=O) groups is 1. The molecular weight excluding hydrogens is 294 g/mol. The van der Waals surface area contributed by atoms with Crippen LogP contribution in [0.25, 0.3) is 0 Å². The zero-order chi connectivity index (χ0) is 16.4. The van der Waals surface area contributed by atoms with Gasteiger partial charge in [0.05, 0.1) is 4.90 Å². The van der Waals surface area contributed by atoms with Crippen molar-refractivity contribution in [2.45, 2.75) is 37.8 Å². The fraction of sp³-hybridized carbons (Fsp3) is 0.538. The molecule has 0 aliphatic heterocycles. The molecule has 0 unspecified atom stereocenters. The molecule has 0 aliphatic carbocycles. The number of pyridine rings is 1. The first-order valence-corrected chi connectivity index (χ1v) is 7.81. The van der Waals surface area contributed by atoms with Crippen molar-refractivity contribution in [3.63, 3.8) is 0 Å². The van der Waals surface area contributed by atoms with Crippen LogP contribution in [0.3, 0.4) is 0 Å². The Hall–Kier alpha value is -1.67. The molecule has 0 aromatic carbocycles. The highest BCUT2D eigenvalue weighted by molar-refractivity contribution is 7.89. The van der Waals surface area contributed by atoms with E-state index in [0.29, 0.717) is 0 Å². The number of sulfonamides is 1. The molecule has 21 heavy (non-hydrogen) atoms. The zero-order valence-electron chi connectivity index (χ0n) is 12.9. The normalized spacial score (nSPS) is 12.5. The number of nitrogens with zero attached hydrogens (tertiary/aromatic N) is 2. The van der Waals surface area contributed by atoms with Crippen molar-refractivity contribution >= 4 is 15.9 Å². The first kappa shape index (κ1) is 17.4. The largest absolute Gasteiger partial charge is 0.350 e. The minimum absolute atomic E-state index is 0.0318. The molecule has 0 saturated heterocycles. The van der Waals surface area contributed by atoms with E-state index in [9.17, 15) is 18.0 Å². The number of amides is 1. The fourth-order valence-electron chi connectivity index (χ4n) is 1.61. The summed E-state index contributed by atoms with van der Waals surface area (Å²) < 4.78 is 26.2. The molecule has 0 spiro atoms. The molecule has 0 fully saturated rings. The molecule has 1 N–H and O–H groups in total. The van der Waals surface area contributed by atoms with Crippen LogP contribution in [0.1, 0.15) is 20.8 Å². The second-order valence-corrected chi connectivity index (χ2v) is 8.07. The van der Waals surface area contributed by atoms with E-state index in [-0.39, 0.29) is 17.3 Å². The number of hydrogen-bond acceptors (Lipinski definition) is 4. The van der Waals surface area contributed by atoms with E-state index in [1.807, 2.05) is 20.8 Å². The van der Waals surface area contributed by atoms with Gasteiger partial charge in [0.25, 0.3) is 5.56 Å². The van der Waals surface area contributed by atoms with E-state index in [4.69, 9.17) is 0 Å². The van der Waals surface area contributed by atoms with Gasteiger partial charge in [-0.2, -0.15) is 0 Å². The lowest BCUT2D eigenvalue weighted by atomic mass is 10.1. The van der Waals surface area contributed by atoms with Crippen molar-refractivity contribution in [2.75, 3.05) is 14.1 Å². The number of nitrogens with one attached hydrogen (secondary N) is 1.